The summed E-state index contributed by atoms with van der Waals surface area (Å²) in [5.74, 6) is -4.87. The van der Waals surface area contributed by atoms with Gasteiger partial charge in [0.25, 0.3) is 0 Å². The summed E-state index contributed by atoms with van der Waals surface area (Å²) in [4.78, 5) is 19.6. The second-order valence-electron chi connectivity index (χ2n) is 1.58. The normalized spacial score (nSPS) is 9.58. The predicted octanol–water partition coefficient (Wildman–Crippen LogP) is -8.98. The molecule has 1 unspecified atom stereocenters. The zero-order valence-electron chi connectivity index (χ0n) is 6.86. The minimum atomic E-state index is -1.69. The molecule has 0 fully saturated rings. The Morgan fingerprint density at radius 3 is 1.83 bits per heavy atom. The molecule has 7 heteroatoms. The Bertz CT molecular complexity index is 200. The molecule has 0 aliphatic heterocycles. The molecule has 0 N–H and O–H groups in total. The summed E-state index contributed by atoms with van der Waals surface area (Å²) < 4.78 is 0. The summed E-state index contributed by atoms with van der Waals surface area (Å²) in [7, 11) is 0. The van der Waals surface area contributed by atoms with Crippen molar-refractivity contribution < 1.29 is 78.9 Å². The van der Waals surface area contributed by atoms with E-state index in [2.05, 4.69) is 0 Å². The van der Waals surface area contributed by atoms with E-state index in [4.69, 9.17) is 5.26 Å². The Balaban J connectivity index is -0.000000405. The van der Waals surface area contributed by atoms with Gasteiger partial charge < -0.3 is 19.8 Å². The average Bonchev–Trinajstić information content (AvgIpc) is 1.81. The van der Waals surface area contributed by atoms with Gasteiger partial charge in [0, 0.05) is 12.4 Å². The van der Waals surface area contributed by atoms with Crippen LogP contribution in [0.1, 0.15) is 6.42 Å². The molecular weight excluding hydrogens is 184 g/mol. The van der Waals surface area contributed by atoms with Crippen molar-refractivity contribution in [3.63, 3.8) is 0 Å². The van der Waals surface area contributed by atoms with Crippen LogP contribution in [-0.4, -0.2) is 11.9 Å². The van der Waals surface area contributed by atoms with Crippen molar-refractivity contribution in [2.75, 3.05) is 0 Å². The van der Waals surface area contributed by atoms with Crippen LogP contribution in [0.4, 0.5) is 0 Å². The topological polar surface area (TPSA) is 104 Å². The molecule has 0 aromatic heterocycles. The zero-order valence-corrected chi connectivity index (χ0v) is 10.9. The van der Waals surface area contributed by atoms with E-state index in [1.54, 1.807) is 0 Å². The van der Waals surface area contributed by atoms with Gasteiger partial charge in [0.15, 0.2) is 0 Å². The quantitative estimate of drug-likeness (QED) is 0.408. The van der Waals surface area contributed by atoms with Crippen molar-refractivity contribution in [2.24, 2.45) is 5.92 Å². The second-order valence-corrected chi connectivity index (χ2v) is 1.58. The number of aliphatic carboxylic acids is 2. The number of carbonyl (C=O) groups excluding carboxylic acids is 2. The molecule has 0 aliphatic carbocycles. The maximum Gasteiger partial charge on any atom is 1.00 e. The molecule has 0 heterocycles. The maximum atomic E-state index is 9.84. The fraction of sp³-hybridized carbons (Fsp3) is 0.400. The Kier molecular flexibility index (Phi) is 14.5. The van der Waals surface area contributed by atoms with Crippen molar-refractivity contribution >= 4 is 11.9 Å². The molecule has 54 valence electrons. The van der Waals surface area contributed by atoms with Gasteiger partial charge in [-0.1, -0.05) is 0 Å². The summed E-state index contributed by atoms with van der Waals surface area (Å²) in [6, 6.07) is 1.25. The molecule has 0 saturated carbocycles. The first-order chi connectivity index (χ1) is 4.57. The van der Waals surface area contributed by atoms with Gasteiger partial charge >= 0.3 is 59.1 Å². The minimum absolute atomic E-state index is 0. The van der Waals surface area contributed by atoms with Crippen molar-refractivity contribution in [2.45, 2.75) is 6.42 Å². The maximum absolute atomic E-state index is 9.84. The summed E-state index contributed by atoms with van der Waals surface area (Å²) in [6.45, 7) is 0. The van der Waals surface area contributed by atoms with Crippen LogP contribution in [-0.2, 0) is 9.59 Å². The van der Waals surface area contributed by atoms with E-state index in [9.17, 15) is 19.8 Å². The Labute approximate surface area is 113 Å². The number of carbonyl (C=O) groups is 2. The first-order valence-electron chi connectivity index (χ1n) is 2.38. The van der Waals surface area contributed by atoms with Gasteiger partial charge in [-0.2, -0.15) is 5.26 Å². The van der Waals surface area contributed by atoms with Crippen molar-refractivity contribution in [3.05, 3.63) is 0 Å². The van der Waals surface area contributed by atoms with Crippen LogP contribution in [0.25, 0.3) is 0 Å². The average molecular weight is 187 g/mol. The van der Waals surface area contributed by atoms with Gasteiger partial charge in [-0.3, -0.25) is 0 Å². The number of hydrogen-bond acceptors (Lipinski definition) is 5. The van der Waals surface area contributed by atoms with Crippen LogP contribution >= 0.6 is 0 Å². The molecule has 0 aromatic rings. The van der Waals surface area contributed by atoms with E-state index < -0.39 is 24.3 Å². The Morgan fingerprint density at radius 2 is 1.75 bits per heavy atom. The number of hydrogen-bond donors (Lipinski definition) is 0. The van der Waals surface area contributed by atoms with Gasteiger partial charge in [-0.25, -0.2) is 0 Å². The van der Waals surface area contributed by atoms with Gasteiger partial charge in [0.1, 0.15) is 0 Å². The smallest absolute Gasteiger partial charge is 0.550 e. The number of nitriles is 1. The number of rotatable bonds is 3. The van der Waals surface area contributed by atoms with E-state index in [1.807, 2.05) is 0 Å². The zero-order chi connectivity index (χ0) is 8.15. The first kappa shape index (κ1) is 18.3. The molecule has 0 bridgehead atoms. The molecule has 0 spiro atoms. The van der Waals surface area contributed by atoms with E-state index in [0.29, 0.717) is 0 Å². The first-order valence-corrected chi connectivity index (χ1v) is 2.38. The standard InChI is InChI=1S/C5H5NO4.2Na/c6-2-3(5(9)10)1-4(7)8;;/h3H,1H2,(H,7,8)(H,9,10);;/q;2*+1/p-2. The van der Waals surface area contributed by atoms with Gasteiger partial charge in [0.05, 0.1) is 18.0 Å². The van der Waals surface area contributed by atoms with Crippen molar-refractivity contribution in [3.8, 4) is 6.07 Å². The molecule has 0 amide bonds. The SMILES string of the molecule is N#CC(CC(=O)[O-])C(=O)[O-].[Na+].[Na+]. The monoisotopic (exact) mass is 187 g/mol. The molecule has 0 radical (unpaired) electrons. The van der Waals surface area contributed by atoms with Crippen molar-refractivity contribution in [1.82, 2.24) is 0 Å². The molecular formula is C5H3NNa2O4. The Hall–Kier alpha value is 0.430. The summed E-state index contributed by atoms with van der Waals surface area (Å²) >= 11 is 0. The molecule has 1 atom stereocenters. The molecule has 0 saturated heterocycles. The van der Waals surface area contributed by atoms with Gasteiger partial charge in [-0.05, 0) is 0 Å². The molecule has 0 rings (SSSR count). The third-order valence-electron chi connectivity index (χ3n) is 0.811. The number of carboxylic acids is 2. The molecule has 0 aromatic carbocycles. The largest absolute Gasteiger partial charge is 1.00 e. The molecule has 5 nitrogen and oxygen atoms in total. The minimum Gasteiger partial charge on any atom is -0.550 e. The molecule has 12 heavy (non-hydrogen) atoms. The van der Waals surface area contributed by atoms with Crippen LogP contribution in [0, 0.1) is 17.2 Å². The van der Waals surface area contributed by atoms with Crippen LogP contribution in [0.2, 0.25) is 0 Å². The second kappa shape index (κ2) is 9.52. The number of nitrogens with zero attached hydrogens (tertiary/aromatic N) is 1. The molecule has 0 aliphatic rings. The van der Waals surface area contributed by atoms with Crippen LogP contribution in [0.5, 0.6) is 0 Å². The third-order valence-corrected chi connectivity index (χ3v) is 0.811. The summed E-state index contributed by atoms with van der Waals surface area (Å²) in [5.41, 5.74) is 0. The van der Waals surface area contributed by atoms with E-state index >= 15 is 0 Å². The van der Waals surface area contributed by atoms with Gasteiger partial charge in [-0.15, -0.1) is 0 Å². The van der Waals surface area contributed by atoms with E-state index in [-0.39, 0.29) is 59.1 Å². The third kappa shape index (κ3) is 8.53. The summed E-state index contributed by atoms with van der Waals surface area (Å²) in [5, 5.41) is 27.5. The summed E-state index contributed by atoms with van der Waals surface area (Å²) in [6.07, 6.45) is -0.821. The number of carboxylic acid groups (broad SMARTS) is 2. The van der Waals surface area contributed by atoms with Crippen LogP contribution < -0.4 is 69.3 Å². The van der Waals surface area contributed by atoms with Crippen LogP contribution in [0.3, 0.4) is 0 Å². The van der Waals surface area contributed by atoms with E-state index in [0.717, 1.165) is 0 Å². The fourth-order valence-corrected chi connectivity index (χ4v) is 0.348. The van der Waals surface area contributed by atoms with E-state index in [1.165, 1.54) is 6.07 Å². The van der Waals surface area contributed by atoms with Crippen LogP contribution in [0.15, 0.2) is 0 Å². The van der Waals surface area contributed by atoms with Gasteiger partial charge in [0.2, 0.25) is 0 Å². The fourth-order valence-electron chi connectivity index (χ4n) is 0.348. The Morgan fingerprint density at radius 1 is 1.33 bits per heavy atom. The van der Waals surface area contributed by atoms with Crippen molar-refractivity contribution in [1.29, 1.82) is 5.26 Å². The predicted molar refractivity (Wildman–Crippen MR) is 23.7 cm³/mol.